The minimum absolute atomic E-state index is 0.202. The van der Waals surface area contributed by atoms with E-state index in [-0.39, 0.29) is 12.5 Å². The van der Waals surface area contributed by atoms with Gasteiger partial charge in [-0.1, -0.05) is 13.8 Å². The number of fused-ring (bicyclic) bond motifs is 1. The number of carbonyl (C=O) groups excluding carboxylic acids is 1. The Balaban J connectivity index is 2.41. The highest BCUT2D eigenvalue weighted by atomic mass is 32.1. The van der Waals surface area contributed by atoms with E-state index < -0.39 is 18.0 Å². The van der Waals surface area contributed by atoms with Crippen LogP contribution < -0.4 is 5.32 Å². The Kier molecular flexibility index (Phi) is 5.49. The van der Waals surface area contributed by atoms with Gasteiger partial charge in [0.15, 0.2) is 0 Å². The molecule has 1 atom stereocenters. The first-order valence-corrected chi connectivity index (χ1v) is 8.20. The van der Waals surface area contributed by atoms with E-state index in [9.17, 15) is 14.7 Å². The van der Waals surface area contributed by atoms with Gasteiger partial charge >= 0.3 is 11.9 Å². The third-order valence-electron chi connectivity index (χ3n) is 3.18. The summed E-state index contributed by atoms with van der Waals surface area (Å²) in [6.45, 7) is 5.88. The summed E-state index contributed by atoms with van der Waals surface area (Å²) in [5.41, 5.74) is 0.351. The van der Waals surface area contributed by atoms with E-state index in [1.165, 1.54) is 17.7 Å². The number of hydrogen-bond donors (Lipinski definition) is 2. The zero-order valence-corrected chi connectivity index (χ0v) is 14.0. The third kappa shape index (κ3) is 3.95. The molecule has 2 aromatic rings. The quantitative estimate of drug-likeness (QED) is 0.749. The number of thiophene rings is 1. The molecule has 0 aliphatic rings. The molecule has 7 nitrogen and oxygen atoms in total. The van der Waals surface area contributed by atoms with Crippen LogP contribution in [0, 0.1) is 5.92 Å². The predicted octanol–water partition coefficient (Wildman–Crippen LogP) is 2.78. The van der Waals surface area contributed by atoms with Gasteiger partial charge in [0.05, 0.1) is 17.6 Å². The second kappa shape index (κ2) is 7.36. The fraction of sp³-hybridized carbons (Fsp3) is 0.467. The van der Waals surface area contributed by atoms with Crippen LogP contribution in [0.3, 0.4) is 0 Å². The van der Waals surface area contributed by atoms with Crippen molar-refractivity contribution >= 4 is 39.3 Å². The molecule has 124 valence electrons. The van der Waals surface area contributed by atoms with Gasteiger partial charge in [-0.25, -0.2) is 19.6 Å². The number of esters is 1. The summed E-state index contributed by atoms with van der Waals surface area (Å²) in [6, 6.07) is -0.789. The lowest BCUT2D eigenvalue weighted by molar-refractivity contribution is -0.138. The Hall–Kier alpha value is -2.22. The molecule has 0 spiro atoms. The molecule has 0 aliphatic carbocycles. The molecular weight excluding hydrogens is 318 g/mol. The fourth-order valence-electron chi connectivity index (χ4n) is 2.20. The Morgan fingerprint density at radius 2 is 2.13 bits per heavy atom. The lowest BCUT2D eigenvalue weighted by Gasteiger charge is -2.17. The number of nitrogens with one attached hydrogen (secondary N) is 1. The molecule has 2 rings (SSSR count). The van der Waals surface area contributed by atoms with E-state index in [0.29, 0.717) is 28.0 Å². The molecule has 0 fully saturated rings. The van der Waals surface area contributed by atoms with Crippen molar-refractivity contribution < 1.29 is 19.4 Å². The van der Waals surface area contributed by atoms with Gasteiger partial charge in [0, 0.05) is 5.38 Å². The van der Waals surface area contributed by atoms with Crippen molar-refractivity contribution in [3.63, 3.8) is 0 Å². The largest absolute Gasteiger partial charge is 0.480 e. The predicted molar refractivity (Wildman–Crippen MR) is 87.9 cm³/mol. The van der Waals surface area contributed by atoms with Gasteiger partial charge in [0.25, 0.3) is 0 Å². The average Bonchev–Trinajstić information content (AvgIpc) is 2.91. The highest BCUT2D eigenvalue weighted by Crippen LogP contribution is 2.30. The zero-order valence-electron chi connectivity index (χ0n) is 13.2. The standard InChI is InChI=1S/C15H19N3O4S/c1-4-22-15(21)9-6-23-13-11(9)12(16-7-17-13)18-10(14(19)20)5-8(2)3/h6-8,10H,4-5H2,1-3H3,(H,19,20)(H,16,17,18). The van der Waals surface area contributed by atoms with E-state index in [1.54, 1.807) is 12.3 Å². The van der Waals surface area contributed by atoms with Crippen molar-refractivity contribution in [3.05, 3.63) is 17.3 Å². The molecule has 8 heteroatoms. The van der Waals surface area contributed by atoms with E-state index in [1.807, 2.05) is 13.8 Å². The van der Waals surface area contributed by atoms with Gasteiger partial charge in [-0.05, 0) is 19.3 Å². The zero-order chi connectivity index (χ0) is 17.0. The highest BCUT2D eigenvalue weighted by Gasteiger charge is 2.23. The molecule has 0 radical (unpaired) electrons. The van der Waals surface area contributed by atoms with Crippen molar-refractivity contribution in [1.82, 2.24) is 9.97 Å². The third-order valence-corrected chi connectivity index (χ3v) is 4.07. The molecule has 0 amide bonds. The van der Waals surface area contributed by atoms with Crippen LogP contribution in [0.2, 0.25) is 0 Å². The van der Waals surface area contributed by atoms with Crippen LogP contribution in [0.25, 0.3) is 10.2 Å². The van der Waals surface area contributed by atoms with Crippen molar-refractivity contribution in [2.75, 3.05) is 11.9 Å². The number of rotatable bonds is 7. The SMILES string of the molecule is CCOC(=O)c1csc2ncnc(NC(CC(C)C)C(=O)O)c12. The maximum atomic E-state index is 12.1. The van der Waals surface area contributed by atoms with E-state index in [4.69, 9.17) is 4.74 Å². The lowest BCUT2D eigenvalue weighted by atomic mass is 10.0. The van der Waals surface area contributed by atoms with E-state index in [0.717, 1.165) is 0 Å². The maximum Gasteiger partial charge on any atom is 0.339 e. The molecule has 1 unspecified atom stereocenters. The summed E-state index contributed by atoms with van der Waals surface area (Å²) in [5.74, 6) is -0.883. The van der Waals surface area contributed by atoms with Crippen LogP contribution in [0.15, 0.2) is 11.7 Å². The molecule has 23 heavy (non-hydrogen) atoms. The molecule has 2 heterocycles. The number of carboxylic acids is 1. The Morgan fingerprint density at radius 1 is 1.39 bits per heavy atom. The first-order valence-electron chi connectivity index (χ1n) is 7.32. The second-order valence-corrected chi connectivity index (χ2v) is 6.30. The van der Waals surface area contributed by atoms with Crippen LogP contribution in [0.4, 0.5) is 5.82 Å². The number of carbonyl (C=O) groups is 2. The smallest absolute Gasteiger partial charge is 0.339 e. The molecule has 0 saturated carbocycles. The Morgan fingerprint density at radius 3 is 2.74 bits per heavy atom. The fourth-order valence-corrected chi connectivity index (χ4v) is 3.08. The normalized spacial score (nSPS) is 12.3. The summed E-state index contributed by atoms with van der Waals surface area (Å²) >= 11 is 1.29. The molecule has 2 aromatic heterocycles. The summed E-state index contributed by atoms with van der Waals surface area (Å²) in [6.07, 6.45) is 1.80. The molecule has 0 saturated heterocycles. The number of ether oxygens (including phenoxy) is 1. The lowest BCUT2D eigenvalue weighted by Crippen LogP contribution is -2.31. The Bertz CT molecular complexity index is 714. The topological polar surface area (TPSA) is 101 Å². The van der Waals surface area contributed by atoms with Crippen LogP contribution in [-0.4, -0.2) is 39.7 Å². The van der Waals surface area contributed by atoms with Crippen LogP contribution in [0.5, 0.6) is 0 Å². The first kappa shape index (κ1) is 17.1. The van der Waals surface area contributed by atoms with Gasteiger partial charge in [0.2, 0.25) is 0 Å². The number of aromatic nitrogens is 2. The summed E-state index contributed by atoms with van der Waals surface area (Å²) in [4.78, 5) is 32.4. The van der Waals surface area contributed by atoms with Gasteiger partial charge in [0.1, 0.15) is 23.0 Å². The summed E-state index contributed by atoms with van der Waals surface area (Å²) in [5, 5.41) is 14.5. The number of aliphatic carboxylic acids is 1. The monoisotopic (exact) mass is 337 g/mol. The summed E-state index contributed by atoms with van der Waals surface area (Å²) < 4.78 is 5.03. The minimum Gasteiger partial charge on any atom is -0.480 e. The van der Waals surface area contributed by atoms with Crippen molar-refractivity contribution in [2.45, 2.75) is 33.2 Å². The highest BCUT2D eigenvalue weighted by molar-refractivity contribution is 7.17. The van der Waals surface area contributed by atoms with Gasteiger partial charge in [-0.15, -0.1) is 11.3 Å². The minimum atomic E-state index is -0.960. The average molecular weight is 337 g/mol. The molecule has 0 aliphatic heterocycles. The Labute approximate surface area is 137 Å². The second-order valence-electron chi connectivity index (χ2n) is 5.44. The summed E-state index contributed by atoms with van der Waals surface area (Å²) in [7, 11) is 0. The van der Waals surface area contributed by atoms with Gasteiger partial charge in [-0.3, -0.25) is 0 Å². The number of nitrogens with zero attached hydrogens (tertiary/aromatic N) is 2. The molecule has 2 N–H and O–H groups in total. The molecule has 0 aromatic carbocycles. The van der Waals surface area contributed by atoms with Gasteiger partial charge < -0.3 is 15.2 Å². The van der Waals surface area contributed by atoms with Crippen molar-refractivity contribution in [2.24, 2.45) is 5.92 Å². The molecule has 0 bridgehead atoms. The number of carboxylic acid groups (broad SMARTS) is 1. The van der Waals surface area contributed by atoms with Crippen LogP contribution >= 0.6 is 11.3 Å². The number of anilines is 1. The van der Waals surface area contributed by atoms with Crippen LogP contribution in [0.1, 0.15) is 37.6 Å². The van der Waals surface area contributed by atoms with Crippen LogP contribution in [-0.2, 0) is 9.53 Å². The maximum absolute atomic E-state index is 12.1. The molecular formula is C15H19N3O4S. The van der Waals surface area contributed by atoms with Gasteiger partial charge in [-0.2, -0.15) is 0 Å². The number of hydrogen-bond acceptors (Lipinski definition) is 7. The first-order chi connectivity index (χ1) is 10.9. The van der Waals surface area contributed by atoms with Crippen molar-refractivity contribution in [3.8, 4) is 0 Å². The van der Waals surface area contributed by atoms with E-state index in [2.05, 4.69) is 15.3 Å². The van der Waals surface area contributed by atoms with Crippen molar-refractivity contribution in [1.29, 1.82) is 0 Å². The van der Waals surface area contributed by atoms with E-state index >= 15 is 0 Å².